The number of halogens is 1. The lowest BCUT2D eigenvalue weighted by molar-refractivity contribution is -0.136. The molecule has 2 aliphatic heterocycles. The van der Waals surface area contributed by atoms with Gasteiger partial charge in [-0.2, -0.15) is 0 Å². The van der Waals surface area contributed by atoms with Crippen molar-refractivity contribution in [3.8, 4) is 5.75 Å². The Kier molecular flexibility index (Phi) is 6.53. The molecule has 1 aromatic rings. The maximum atomic E-state index is 12.7. The first-order valence-electron chi connectivity index (χ1n) is 8.81. The van der Waals surface area contributed by atoms with E-state index in [0.29, 0.717) is 18.0 Å². The van der Waals surface area contributed by atoms with E-state index in [1.165, 1.54) is 5.56 Å². The van der Waals surface area contributed by atoms with Gasteiger partial charge in [0, 0.05) is 18.6 Å². The summed E-state index contributed by atoms with van der Waals surface area (Å²) in [6.45, 7) is 8.45. The minimum Gasteiger partial charge on any atom is -0.483 e. The Bertz CT molecular complexity index is 562. The molecule has 0 radical (unpaired) electrons. The van der Waals surface area contributed by atoms with Gasteiger partial charge in [0.1, 0.15) is 5.75 Å². The molecule has 0 spiro atoms. The maximum absolute atomic E-state index is 12.7. The Hall–Kier alpha value is -1.26. The highest BCUT2D eigenvalue weighted by Crippen LogP contribution is 2.30. The summed E-state index contributed by atoms with van der Waals surface area (Å²) in [7, 11) is 0. The van der Waals surface area contributed by atoms with E-state index >= 15 is 0 Å². The van der Waals surface area contributed by atoms with E-state index in [2.05, 4.69) is 43.1 Å². The van der Waals surface area contributed by atoms with Crippen LogP contribution < -0.4 is 10.1 Å². The van der Waals surface area contributed by atoms with Gasteiger partial charge >= 0.3 is 0 Å². The van der Waals surface area contributed by atoms with Crippen molar-refractivity contribution in [2.75, 3.05) is 19.7 Å². The number of fused-ring (bicyclic) bond motifs is 2. The summed E-state index contributed by atoms with van der Waals surface area (Å²) in [6.07, 6.45) is 3.31. The van der Waals surface area contributed by atoms with E-state index < -0.39 is 0 Å². The standard InChI is InChI=1S/C19H28N2O2.ClH/c1-13(2)17-7-4-14(3)10-18(17)23-12-19(22)21-15-5-6-16(21)11-20-9-8-15;/h4,7,10,13,15-16,20H,5-6,8-9,11-12H2,1-3H3;1H. The Labute approximate surface area is 151 Å². The van der Waals surface area contributed by atoms with Crippen molar-refractivity contribution in [1.29, 1.82) is 0 Å². The van der Waals surface area contributed by atoms with Crippen LogP contribution in [-0.2, 0) is 4.79 Å². The summed E-state index contributed by atoms with van der Waals surface area (Å²) in [6, 6.07) is 7.00. The van der Waals surface area contributed by atoms with Crippen molar-refractivity contribution >= 4 is 18.3 Å². The molecule has 3 rings (SSSR count). The molecule has 2 aliphatic rings. The number of nitrogens with one attached hydrogen (secondary N) is 1. The molecule has 0 aliphatic carbocycles. The molecule has 2 fully saturated rings. The lowest BCUT2D eigenvalue weighted by Gasteiger charge is -2.28. The molecule has 24 heavy (non-hydrogen) atoms. The molecule has 2 saturated heterocycles. The first-order chi connectivity index (χ1) is 11.1. The fourth-order valence-corrected chi connectivity index (χ4v) is 3.85. The van der Waals surface area contributed by atoms with Crippen molar-refractivity contribution in [3.05, 3.63) is 29.3 Å². The molecular formula is C19H29ClN2O2. The van der Waals surface area contributed by atoms with Gasteiger partial charge in [0.05, 0.1) is 0 Å². The van der Waals surface area contributed by atoms with Gasteiger partial charge in [0.15, 0.2) is 6.61 Å². The molecule has 4 nitrogen and oxygen atoms in total. The highest BCUT2D eigenvalue weighted by Gasteiger charge is 2.37. The molecule has 5 heteroatoms. The monoisotopic (exact) mass is 352 g/mol. The van der Waals surface area contributed by atoms with E-state index in [0.717, 1.165) is 43.7 Å². The van der Waals surface area contributed by atoms with E-state index in [1.54, 1.807) is 0 Å². The summed E-state index contributed by atoms with van der Waals surface area (Å²) in [5, 5.41) is 3.43. The largest absolute Gasteiger partial charge is 0.483 e. The number of hydrogen-bond acceptors (Lipinski definition) is 3. The third-order valence-electron chi connectivity index (χ3n) is 5.08. The summed E-state index contributed by atoms with van der Waals surface area (Å²) >= 11 is 0. The number of nitrogens with zero attached hydrogens (tertiary/aromatic N) is 1. The SMILES string of the molecule is Cc1ccc(C(C)C)c(OCC(=O)N2C3CCNCC2CC3)c1.Cl. The minimum atomic E-state index is 0. The van der Waals surface area contributed by atoms with Gasteiger partial charge in [-0.1, -0.05) is 26.0 Å². The van der Waals surface area contributed by atoms with Crippen LogP contribution in [0.15, 0.2) is 18.2 Å². The van der Waals surface area contributed by atoms with Gasteiger partial charge in [0.2, 0.25) is 0 Å². The zero-order valence-electron chi connectivity index (χ0n) is 14.9. The average molecular weight is 353 g/mol. The first kappa shape index (κ1) is 19.1. The molecule has 2 bridgehead atoms. The number of aryl methyl sites for hydroxylation is 1. The van der Waals surface area contributed by atoms with Crippen molar-refractivity contribution in [2.45, 2.75) is 58.0 Å². The zero-order valence-corrected chi connectivity index (χ0v) is 15.7. The van der Waals surface area contributed by atoms with Gasteiger partial charge in [0.25, 0.3) is 5.91 Å². The summed E-state index contributed by atoms with van der Waals surface area (Å²) in [4.78, 5) is 14.8. The maximum Gasteiger partial charge on any atom is 0.261 e. The number of carbonyl (C=O) groups is 1. The van der Waals surface area contributed by atoms with E-state index in [9.17, 15) is 4.79 Å². The van der Waals surface area contributed by atoms with Crippen molar-refractivity contribution in [2.24, 2.45) is 0 Å². The van der Waals surface area contributed by atoms with Crippen molar-refractivity contribution < 1.29 is 9.53 Å². The number of rotatable bonds is 4. The van der Waals surface area contributed by atoms with Crippen LogP contribution in [0.25, 0.3) is 0 Å². The van der Waals surface area contributed by atoms with Gasteiger partial charge in [-0.3, -0.25) is 4.79 Å². The summed E-state index contributed by atoms with van der Waals surface area (Å²) < 4.78 is 5.95. The predicted octanol–water partition coefficient (Wildman–Crippen LogP) is 3.27. The molecule has 0 aromatic heterocycles. The lowest BCUT2D eigenvalue weighted by Crippen LogP contribution is -2.44. The fourth-order valence-electron chi connectivity index (χ4n) is 3.85. The number of benzene rings is 1. The summed E-state index contributed by atoms with van der Waals surface area (Å²) in [5.41, 5.74) is 2.33. The van der Waals surface area contributed by atoms with E-state index in [-0.39, 0.29) is 24.9 Å². The number of hydrogen-bond donors (Lipinski definition) is 1. The highest BCUT2D eigenvalue weighted by molar-refractivity contribution is 5.85. The third-order valence-corrected chi connectivity index (χ3v) is 5.08. The van der Waals surface area contributed by atoms with Crippen LogP contribution >= 0.6 is 12.4 Å². The first-order valence-corrected chi connectivity index (χ1v) is 8.81. The topological polar surface area (TPSA) is 41.6 Å². The molecule has 1 N–H and O–H groups in total. The second-order valence-electron chi connectivity index (χ2n) is 7.16. The minimum absolute atomic E-state index is 0. The molecule has 1 aromatic carbocycles. The second-order valence-corrected chi connectivity index (χ2v) is 7.16. The molecule has 2 atom stereocenters. The van der Waals surface area contributed by atoms with Crippen LogP contribution in [0, 0.1) is 6.92 Å². The number of amides is 1. The van der Waals surface area contributed by atoms with Crippen molar-refractivity contribution in [1.82, 2.24) is 10.2 Å². The number of ether oxygens (including phenoxy) is 1. The van der Waals surface area contributed by atoms with Gasteiger partial charge in [-0.15, -0.1) is 12.4 Å². The Morgan fingerprint density at radius 1 is 1.29 bits per heavy atom. The molecule has 2 heterocycles. The Morgan fingerprint density at radius 2 is 2.04 bits per heavy atom. The van der Waals surface area contributed by atoms with Crippen LogP contribution in [0.1, 0.15) is 50.2 Å². The third kappa shape index (κ3) is 4.04. The zero-order chi connectivity index (χ0) is 16.4. The predicted molar refractivity (Wildman–Crippen MR) is 99.2 cm³/mol. The lowest BCUT2D eigenvalue weighted by atomic mass is 10.0. The van der Waals surface area contributed by atoms with Crippen LogP contribution in [0.5, 0.6) is 5.75 Å². The van der Waals surface area contributed by atoms with Gasteiger partial charge in [-0.25, -0.2) is 0 Å². The van der Waals surface area contributed by atoms with Crippen LogP contribution in [0.4, 0.5) is 0 Å². The quantitative estimate of drug-likeness (QED) is 0.904. The van der Waals surface area contributed by atoms with Crippen molar-refractivity contribution in [3.63, 3.8) is 0 Å². The molecule has 134 valence electrons. The fraction of sp³-hybridized carbons (Fsp3) is 0.632. The highest BCUT2D eigenvalue weighted by atomic mass is 35.5. The van der Waals surface area contributed by atoms with Crippen LogP contribution in [-0.4, -0.2) is 42.6 Å². The molecular weight excluding hydrogens is 324 g/mol. The van der Waals surface area contributed by atoms with E-state index in [1.807, 2.05) is 6.07 Å². The Balaban J connectivity index is 0.00000208. The van der Waals surface area contributed by atoms with Gasteiger partial charge < -0.3 is 15.0 Å². The molecule has 2 unspecified atom stereocenters. The smallest absolute Gasteiger partial charge is 0.261 e. The average Bonchev–Trinajstić information content (AvgIpc) is 2.77. The van der Waals surface area contributed by atoms with Gasteiger partial charge in [-0.05, 0) is 55.8 Å². The van der Waals surface area contributed by atoms with E-state index in [4.69, 9.17) is 4.74 Å². The van der Waals surface area contributed by atoms with Crippen LogP contribution in [0.2, 0.25) is 0 Å². The Morgan fingerprint density at radius 3 is 2.79 bits per heavy atom. The second kappa shape index (κ2) is 8.21. The molecule has 1 amide bonds. The molecule has 0 saturated carbocycles. The normalized spacial score (nSPS) is 22.9. The van der Waals surface area contributed by atoms with Crippen LogP contribution in [0.3, 0.4) is 0 Å². The number of carbonyl (C=O) groups excluding carboxylic acids is 1. The summed E-state index contributed by atoms with van der Waals surface area (Å²) in [5.74, 6) is 1.38.